The molecule has 224 valence electrons. The van der Waals surface area contributed by atoms with Crippen LogP contribution in [0.2, 0.25) is 0 Å². The van der Waals surface area contributed by atoms with E-state index in [4.69, 9.17) is 0 Å². The Morgan fingerprint density at radius 3 is 2.60 bits per heavy atom. The fourth-order valence-electron chi connectivity index (χ4n) is 6.58. The summed E-state index contributed by atoms with van der Waals surface area (Å²) in [4.78, 5) is 18.7. The van der Waals surface area contributed by atoms with Gasteiger partial charge in [0, 0.05) is 61.4 Å². The second-order valence-electron chi connectivity index (χ2n) is 11.9. The minimum Gasteiger partial charge on any atom is -0.353 e. The zero-order valence-electron chi connectivity index (χ0n) is 23.1. The van der Waals surface area contributed by atoms with Gasteiger partial charge in [0.25, 0.3) is 5.56 Å². The van der Waals surface area contributed by atoms with Crippen molar-refractivity contribution >= 4 is 10.9 Å². The number of piperidine rings is 1. The summed E-state index contributed by atoms with van der Waals surface area (Å²) in [6.45, 7) is 4.12. The van der Waals surface area contributed by atoms with E-state index in [1.54, 1.807) is 0 Å². The summed E-state index contributed by atoms with van der Waals surface area (Å²) in [5.74, 6) is -2.81. The second-order valence-corrected chi connectivity index (χ2v) is 11.9. The minimum absolute atomic E-state index is 0.00524. The molecule has 2 atom stereocenters. The summed E-state index contributed by atoms with van der Waals surface area (Å²) in [6.07, 6.45) is -4.34. The molecule has 0 unspecified atom stereocenters. The molecular formula is C29H30F6N6O. The van der Waals surface area contributed by atoms with Gasteiger partial charge < -0.3 is 9.55 Å². The van der Waals surface area contributed by atoms with E-state index in [1.165, 1.54) is 48.3 Å². The molecule has 4 heterocycles. The Kier molecular flexibility index (Phi) is 6.78. The predicted molar refractivity (Wildman–Crippen MR) is 143 cm³/mol. The van der Waals surface area contributed by atoms with Gasteiger partial charge in [-0.2, -0.15) is 13.2 Å². The fraction of sp³-hybridized carbons (Fsp3) is 0.483. The van der Waals surface area contributed by atoms with Crippen LogP contribution in [0.4, 0.5) is 26.3 Å². The van der Waals surface area contributed by atoms with Crippen LogP contribution < -0.4 is 5.56 Å². The van der Waals surface area contributed by atoms with Crippen molar-refractivity contribution in [1.82, 2.24) is 29.2 Å². The lowest BCUT2D eigenvalue weighted by molar-refractivity contribution is -0.151. The average Bonchev–Trinajstić information content (AvgIpc) is 3.52. The fourth-order valence-corrected chi connectivity index (χ4v) is 6.58. The standard InChI is InChI=1S/C29H30F6N6O/c1-17-5-4-8-40(11-17)12-19-10-21-22(29(33,34)35)13-41(26(42)23(21)37-19)20-7-3-6-18(9-20)27(14-28(31,32)15-27)24(30)25-38-36-16-39(25)2/h3,6-7,9-10,13,16-17,24,37H,4-5,8,11-12,14-15H2,1-2H3/t17-,24+/m0/s1. The van der Waals surface area contributed by atoms with Crippen LogP contribution in [-0.2, 0) is 25.2 Å². The smallest absolute Gasteiger partial charge is 0.353 e. The number of fused-ring (bicyclic) bond motifs is 1. The molecule has 0 spiro atoms. The number of alkyl halides is 6. The summed E-state index contributed by atoms with van der Waals surface area (Å²) >= 11 is 0. The Hall–Kier alpha value is -3.61. The molecule has 0 bridgehead atoms. The van der Waals surface area contributed by atoms with Crippen molar-refractivity contribution in [2.75, 3.05) is 13.1 Å². The van der Waals surface area contributed by atoms with Crippen molar-refractivity contribution in [3.05, 3.63) is 75.9 Å². The summed E-state index contributed by atoms with van der Waals surface area (Å²) in [5.41, 5.74) is -3.02. The van der Waals surface area contributed by atoms with Crippen LogP contribution >= 0.6 is 0 Å². The second kappa shape index (κ2) is 9.99. The zero-order chi connectivity index (χ0) is 30.0. The molecule has 1 aromatic carbocycles. The van der Waals surface area contributed by atoms with E-state index in [9.17, 15) is 26.7 Å². The molecule has 42 heavy (non-hydrogen) atoms. The number of halogens is 6. The number of pyridine rings is 1. The largest absolute Gasteiger partial charge is 0.418 e. The first-order valence-corrected chi connectivity index (χ1v) is 13.8. The third-order valence-corrected chi connectivity index (χ3v) is 8.60. The number of nitrogens with zero attached hydrogens (tertiary/aromatic N) is 5. The molecule has 1 saturated carbocycles. The van der Waals surface area contributed by atoms with E-state index in [0.29, 0.717) is 18.2 Å². The normalized spacial score (nSPS) is 21.4. The maximum absolute atomic E-state index is 15.9. The average molecular weight is 593 g/mol. The predicted octanol–water partition coefficient (Wildman–Crippen LogP) is 6.08. The molecular weight excluding hydrogens is 562 g/mol. The number of nitrogens with one attached hydrogen (secondary N) is 1. The van der Waals surface area contributed by atoms with Crippen molar-refractivity contribution in [3.63, 3.8) is 0 Å². The summed E-state index contributed by atoms with van der Waals surface area (Å²) < 4.78 is 89.5. The number of aromatic amines is 1. The highest BCUT2D eigenvalue weighted by Gasteiger charge is 2.62. The number of aromatic nitrogens is 5. The summed E-state index contributed by atoms with van der Waals surface area (Å²) in [6, 6.07) is 6.95. The van der Waals surface area contributed by atoms with Gasteiger partial charge in [-0.25, -0.2) is 13.2 Å². The van der Waals surface area contributed by atoms with Gasteiger partial charge in [-0.1, -0.05) is 19.1 Å². The number of benzene rings is 1. The lowest BCUT2D eigenvalue weighted by Crippen LogP contribution is -2.52. The van der Waals surface area contributed by atoms with E-state index in [0.717, 1.165) is 36.7 Å². The van der Waals surface area contributed by atoms with Gasteiger partial charge in [0.05, 0.1) is 5.56 Å². The van der Waals surface area contributed by atoms with E-state index < -0.39 is 47.6 Å². The van der Waals surface area contributed by atoms with Gasteiger partial charge in [-0.05, 0) is 49.1 Å². The van der Waals surface area contributed by atoms with Crippen molar-refractivity contribution in [1.29, 1.82) is 0 Å². The number of hydrogen-bond donors (Lipinski definition) is 1. The first kappa shape index (κ1) is 28.5. The molecule has 3 aromatic heterocycles. The Balaban J connectivity index is 1.44. The Bertz CT molecular complexity index is 1680. The van der Waals surface area contributed by atoms with Crippen LogP contribution in [0.15, 0.2) is 47.7 Å². The van der Waals surface area contributed by atoms with E-state index in [-0.39, 0.29) is 28.0 Å². The third-order valence-electron chi connectivity index (χ3n) is 8.60. The van der Waals surface area contributed by atoms with Gasteiger partial charge in [-0.3, -0.25) is 14.3 Å². The van der Waals surface area contributed by atoms with E-state index in [2.05, 4.69) is 27.0 Å². The van der Waals surface area contributed by atoms with Gasteiger partial charge in [0.2, 0.25) is 5.92 Å². The highest BCUT2D eigenvalue weighted by Crippen LogP contribution is 2.60. The van der Waals surface area contributed by atoms with Crippen molar-refractivity contribution in [3.8, 4) is 5.69 Å². The highest BCUT2D eigenvalue weighted by atomic mass is 19.4. The Morgan fingerprint density at radius 1 is 1.19 bits per heavy atom. The van der Waals surface area contributed by atoms with Crippen LogP contribution in [0.3, 0.4) is 0 Å². The minimum atomic E-state index is -4.78. The van der Waals surface area contributed by atoms with Gasteiger partial charge in [-0.15, -0.1) is 10.2 Å². The maximum Gasteiger partial charge on any atom is 0.418 e. The van der Waals surface area contributed by atoms with Crippen LogP contribution in [0, 0.1) is 5.92 Å². The molecule has 7 nitrogen and oxygen atoms in total. The van der Waals surface area contributed by atoms with E-state index >= 15 is 4.39 Å². The first-order chi connectivity index (χ1) is 19.8. The van der Waals surface area contributed by atoms with Gasteiger partial charge in [0.1, 0.15) is 11.8 Å². The lowest BCUT2D eigenvalue weighted by Gasteiger charge is -2.49. The lowest BCUT2D eigenvalue weighted by atomic mass is 9.59. The van der Waals surface area contributed by atoms with Crippen LogP contribution in [0.25, 0.3) is 16.6 Å². The summed E-state index contributed by atoms with van der Waals surface area (Å²) in [7, 11) is 1.49. The molecule has 2 aliphatic rings. The first-order valence-electron chi connectivity index (χ1n) is 13.8. The van der Waals surface area contributed by atoms with Gasteiger partial charge in [0.15, 0.2) is 12.0 Å². The number of hydrogen-bond acceptors (Lipinski definition) is 4. The summed E-state index contributed by atoms with van der Waals surface area (Å²) in [5, 5.41) is 7.18. The Morgan fingerprint density at radius 2 is 1.95 bits per heavy atom. The van der Waals surface area contributed by atoms with Gasteiger partial charge >= 0.3 is 6.18 Å². The molecule has 6 rings (SSSR count). The SMILES string of the molecule is C[C@H]1CCCN(Cc2cc3c(C(F)(F)F)cn(-c4cccc(C5([C@H](F)c6nncn6C)CC(F)(F)C5)c4)c(=O)c3[nH]2)C1. The maximum atomic E-state index is 15.9. The number of H-pyrrole nitrogens is 1. The molecule has 4 aromatic rings. The molecule has 1 N–H and O–H groups in total. The highest BCUT2D eigenvalue weighted by molar-refractivity contribution is 5.84. The molecule has 2 fully saturated rings. The molecule has 1 aliphatic heterocycles. The van der Waals surface area contributed by atoms with Crippen molar-refractivity contribution in [2.45, 2.75) is 62.8 Å². The molecule has 1 aliphatic carbocycles. The Labute approximate surface area is 237 Å². The van der Waals surface area contributed by atoms with Crippen LogP contribution in [0.5, 0.6) is 0 Å². The number of aryl methyl sites for hydroxylation is 1. The molecule has 13 heteroatoms. The molecule has 0 amide bonds. The van der Waals surface area contributed by atoms with Crippen LogP contribution in [-0.4, -0.2) is 48.2 Å². The molecule has 1 saturated heterocycles. The topological polar surface area (TPSA) is 71.7 Å². The van der Waals surface area contributed by atoms with Crippen LogP contribution in [0.1, 0.15) is 61.4 Å². The zero-order valence-corrected chi connectivity index (χ0v) is 23.1. The van der Waals surface area contributed by atoms with Crippen molar-refractivity contribution in [2.24, 2.45) is 13.0 Å². The molecule has 0 radical (unpaired) electrons. The number of likely N-dealkylation sites (tertiary alicyclic amines) is 1. The monoisotopic (exact) mass is 592 g/mol. The van der Waals surface area contributed by atoms with Crippen molar-refractivity contribution < 1.29 is 26.3 Å². The van der Waals surface area contributed by atoms with E-state index in [1.807, 2.05) is 0 Å². The quantitative estimate of drug-likeness (QED) is 0.276. The third kappa shape index (κ3) is 4.91. The number of rotatable bonds is 6.